The van der Waals surface area contributed by atoms with Gasteiger partial charge in [0.1, 0.15) is 11.5 Å². The van der Waals surface area contributed by atoms with E-state index in [2.05, 4.69) is 20.3 Å². The maximum Gasteiger partial charge on any atom is 0.294 e. The molecule has 140 valence electrons. The Bertz CT molecular complexity index is 1130. The van der Waals surface area contributed by atoms with Crippen LogP contribution in [0.5, 0.6) is 0 Å². The van der Waals surface area contributed by atoms with Crippen LogP contribution < -0.4 is 5.32 Å². The van der Waals surface area contributed by atoms with Crippen LogP contribution in [-0.2, 0) is 0 Å². The van der Waals surface area contributed by atoms with Crippen molar-refractivity contribution in [1.29, 1.82) is 0 Å². The predicted octanol–water partition coefficient (Wildman–Crippen LogP) is 3.15. The molecule has 2 aromatic heterocycles. The first-order valence-corrected chi connectivity index (χ1v) is 8.55. The Labute approximate surface area is 159 Å². The minimum Gasteiger partial charge on any atom is -0.342 e. The molecular weight excluding hydrogens is 360 g/mol. The van der Waals surface area contributed by atoms with E-state index in [0.717, 1.165) is 11.0 Å². The van der Waals surface area contributed by atoms with Gasteiger partial charge in [-0.2, -0.15) is 0 Å². The number of nitro groups is 1. The van der Waals surface area contributed by atoms with Crippen LogP contribution in [0.3, 0.4) is 0 Å². The van der Waals surface area contributed by atoms with Crippen molar-refractivity contribution in [2.24, 2.45) is 0 Å². The lowest BCUT2D eigenvalue weighted by Crippen LogP contribution is -2.27. The average molecular weight is 376 g/mol. The first-order chi connectivity index (χ1) is 13.5. The molecule has 4 rings (SSSR count). The molecule has 0 radical (unpaired) electrons. The molecule has 1 atom stereocenters. The number of benzene rings is 2. The van der Waals surface area contributed by atoms with Gasteiger partial charge in [0.05, 0.1) is 28.3 Å². The van der Waals surface area contributed by atoms with Crippen molar-refractivity contribution in [3.8, 4) is 5.69 Å². The smallest absolute Gasteiger partial charge is 0.294 e. The van der Waals surface area contributed by atoms with Crippen molar-refractivity contribution in [2.45, 2.75) is 13.0 Å². The van der Waals surface area contributed by atoms with Gasteiger partial charge in [-0.3, -0.25) is 14.9 Å². The summed E-state index contributed by atoms with van der Waals surface area (Å²) in [5.41, 5.74) is 2.03. The summed E-state index contributed by atoms with van der Waals surface area (Å²) in [6.07, 6.45) is 4.59. The Morgan fingerprint density at radius 1 is 1.29 bits per heavy atom. The maximum atomic E-state index is 12.6. The molecule has 0 aliphatic heterocycles. The second-order valence-corrected chi connectivity index (χ2v) is 6.26. The van der Waals surface area contributed by atoms with Gasteiger partial charge in [0, 0.05) is 24.0 Å². The van der Waals surface area contributed by atoms with Gasteiger partial charge in [-0.1, -0.05) is 12.1 Å². The summed E-state index contributed by atoms with van der Waals surface area (Å²) < 4.78 is 1.52. The number of H-pyrrole nitrogens is 1. The summed E-state index contributed by atoms with van der Waals surface area (Å²) in [6.45, 7) is 1.80. The second kappa shape index (κ2) is 6.95. The fourth-order valence-corrected chi connectivity index (χ4v) is 2.96. The third-order valence-electron chi connectivity index (χ3n) is 4.38. The quantitative estimate of drug-likeness (QED) is 0.410. The van der Waals surface area contributed by atoms with E-state index in [1.807, 2.05) is 24.3 Å². The first kappa shape index (κ1) is 17.4. The molecule has 9 nitrogen and oxygen atoms in total. The molecule has 28 heavy (non-hydrogen) atoms. The summed E-state index contributed by atoms with van der Waals surface area (Å²) in [5.74, 6) is 0.187. The molecule has 9 heteroatoms. The molecule has 2 heterocycles. The number of hydrogen-bond acceptors (Lipinski definition) is 5. The van der Waals surface area contributed by atoms with Crippen molar-refractivity contribution in [1.82, 2.24) is 24.8 Å². The highest BCUT2D eigenvalue weighted by atomic mass is 16.6. The monoisotopic (exact) mass is 376 g/mol. The average Bonchev–Trinajstić information content (AvgIpc) is 3.37. The lowest BCUT2D eigenvalue weighted by atomic mass is 10.1. The molecule has 4 aromatic rings. The molecular formula is C19H16N6O3. The van der Waals surface area contributed by atoms with Crippen molar-refractivity contribution in [2.75, 3.05) is 0 Å². The van der Waals surface area contributed by atoms with E-state index in [1.54, 1.807) is 19.2 Å². The first-order valence-electron chi connectivity index (χ1n) is 8.55. The molecule has 0 aliphatic carbocycles. The number of nitro benzene ring substituents is 1. The topological polar surface area (TPSA) is 119 Å². The number of aromatic nitrogens is 4. The number of amides is 1. The molecule has 2 aromatic carbocycles. The van der Waals surface area contributed by atoms with Gasteiger partial charge in [0.15, 0.2) is 0 Å². The summed E-state index contributed by atoms with van der Waals surface area (Å²) >= 11 is 0. The Hall–Kier alpha value is -4.01. The van der Waals surface area contributed by atoms with Crippen LogP contribution in [0.1, 0.15) is 29.1 Å². The lowest BCUT2D eigenvalue weighted by molar-refractivity contribution is -0.384. The highest BCUT2D eigenvalue weighted by Crippen LogP contribution is 2.24. The van der Waals surface area contributed by atoms with E-state index < -0.39 is 16.9 Å². The number of rotatable bonds is 5. The molecule has 1 unspecified atom stereocenters. The van der Waals surface area contributed by atoms with Gasteiger partial charge >= 0.3 is 0 Å². The minimum absolute atomic E-state index is 0.179. The molecule has 0 saturated heterocycles. The largest absolute Gasteiger partial charge is 0.342 e. The van der Waals surface area contributed by atoms with E-state index in [1.165, 1.54) is 29.2 Å². The van der Waals surface area contributed by atoms with E-state index in [-0.39, 0.29) is 11.3 Å². The highest BCUT2D eigenvalue weighted by molar-refractivity contribution is 5.95. The summed E-state index contributed by atoms with van der Waals surface area (Å²) in [6, 6.07) is 11.5. The second-order valence-electron chi connectivity index (χ2n) is 6.26. The normalized spacial score (nSPS) is 12.0. The Morgan fingerprint density at radius 2 is 2.11 bits per heavy atom. The zero-order chi connectivity index (χ0) is 19.7. The van der Waals surface area contributed by atoms with Gasteiger partial charge in [-0.25, -0.2) is 9.97 Å². The molecule has 2 N–H and O–H groups in total. The van der Waals surface area contributed by atoms with E-state index in [0.29, 0.717) is 11.5 Å². The SMILES string of the molecule is CC(NC(=O)c1ccc(-n2ccnc2)c([N+](=O)[O-])c1)c1nc2ccccc2[nH]1. The Balaban J connectivity index is 1.59. The third-order valence-corrected chi connectivity index (χ3v) is 4.38. The zero-order valence-electron chi connectivity index (χ0n) is 14.9. The molecule has 0 fully saturated rings. The number of aromatic amines is 1. The van der Waals surface area contributed by atoms with Crippen LogP contribution >= 0.6 is 0 Å². The number of nitrogens with one attached hydrogen (secondary N) is 2. The van der Waals surface area contributed by atoms with E-state index in [4.69, 9.17) is 0 Å². The minimum atomic E-state index is -0.519. The number of fused-ring (bicyclic) bond motifs is 1. The van der Waals surface area contributed by atoms with Gasteiger partial charge in [0.2, 0.25) is 0 Å². The van der Waals surface area contributed by atoms with Crippen molar-refractivity contribution in [3.05, 3.63) is 82.7 Å². The number of para-hydroxylation sites is 2. The highest BCUT2D eigenvalue weighted by Gasteiger charge is 2.20. The van der Waals surface area contributed by atoms with Crippen molar-refractivity contribution in [3.63, 3.8) is 0 Å². The lowest BCUT2D eigenvalue weighted by Gasteiger charge is -2.12. The predicted molar refractivity (Wildman–Crippen MR) is 102 cm³/mol. The molecule has 0 saturated carbocycles. The number of nitrogens with zero attached hydrogens (tertiary/aromatic N) is 4. The van der Waals surface area contributed by atoms with E-state index >= 15 is 0 Å². The Morgan fingerprint density at radius 3 is 2.82 bits per heavy atom. The molecule has 0 aliphatic rings. The van der Waals surface area contributed by atoms with Gasteiger partial charge in [0.25, 0.3) is 11.6 Å². The van der Waals surface area contributed by atoms with Crippen molar-refractivity contribution >= 4 is 22.6 Å². The van der Waals surface area contributed by atoms with Crippen LogP contribution in [0, 0.1) is 10.1 Å². The fourth-order valence-electron chi connectivity index (χ4n) is 2.96. The number of carbonyl (C=O) groups excluding carboxylic acids is 1. The number of hydrogen-bond donors (Lipinski definition) is 2. The van der Waals surface area contributed by atoms with Crippen LogP contribution in [0.2, 0.25) is 0 Å². The van der Waals surface area contributed by atoms with Crippen LogP contribution in [0.25, 0.3) is 16.7 Å². The standard InChI is InChI=1S/C19H16N6O3/c1-12(18-22-14-4-2-3-5-15(14)23-18)21-19(26)13-6-7-16(17(10-13)25(27)28)24-9-8-20-11-24/h2-12H,1H3,(H,21,26)(H,22,23). The molecule has 1 amide bonds. The third kappa shape index (κ3) is 3.20. The molecule has 0 bridgehead atoms. The fraction of sp³-hybridized carbons (Fsp3) is 0.105. The zero-order valence-corrected chi connectivity index (χ0v) is 14.9. The van der Waals surface area contributed by atoms with Crippen LogP contribution in [-0.4, -0.2) is 30.3 Å². The summed E-state index contributed by atoms with van der Waals surface area (Å²) in [4.78, 5) is 35.1. The van der Waals surface area contributed by atoms with Gasteiger partial charge < -0.3 is 14.9 Å². The number of carbonyl (C=O) groups is 1. The number of imidazole rings is 2. The van der Waals surface area contributed by atoms with Gasteiger partial charge in [-0.05, 0) is 31.2 Å². The molecule has 0 spiro atoms. The summed E-state index contributed by atoms with van der Waals surface area (Å²) in [5, 5.41) is 14.3. The summed E-state index contributed by atoms with van der Waals surface area (Å²) in [7, 11) is 0. The van der Waals surface area contributed by atoms with Crippen LogP contribution in [0.15, 0.2) is 61.2 Å². The maximum absolute atomic E-state index is 12.6. The van der Waals surface area contributed by atoms with Crippen molar-refractivity contribution < 1.29 is 9.72 Å². The van der Waals surface area contributed by atoms with Gasteiger partial charge in [-0.15, -0.1) is 0 Å². The van der Waals surface area contributed by atoms with E-state index in [9.17, 15) is 14.9 Å². The van der Waals surface area contributed by atoms with Crippen LogP contribution in [0.4, 0.5) is 5.69 Å². The Kier molecular flexibility index (Phi) is 4.32.